The lowest BCUT2D eigenvalue weighted by molar-refractivity contribution is 0.0746. The first-order valence-electron chi connectivity index (χ1n) is 10.8. The van der Waals surface area contributed by atoms with Crippen LogP contribution in [0.15, 0.2) is 97.3 Å². The van der Waals surface area contributed by atoms with Gasteiger partial charge in [-0.15, -0.1) is 0 Å². The summed E-state index contributed by atoms with van der Waals surface area (Å²) in [4.78, 5) is 26.0. The molecule has 32 heavy (non-hydrogen) atoms. The average Bonchev–Trinajstić information content (AvgIpc) is 2.89. The van der Waals surface area contributed by atoms with Crippen molar-refractivity contribution in [3.05, 3.63) is 103 Å². The van der Waals surface area contributed by atoms with E-state index in [0.29, 0.717) is 13.1 Å². The largest absolute Gasteiger partial charge is 0.353 e. The van der Waals surface area contributed by atoms with Gasteiger partial charge >= 0.3 is 0 Å². The van der Waals surface area contributed by atoms with Gasteiger partial charge in [0, 0.05) is 43.4 Å². The van der Waals surface area contributed by atoms with E-state index in [1.807, 2.05) is 83.8 Å². The normalized spacial score (nSPS) is 13.8. The monoisotopic (exact) mass is 420 g/mol. The van der Waals surface area contributed by atoms with E-state index >= 15 is 0 Å². The minimum absolute atomic E-state index is 0.0805. The second kappa shape index (κ2) is 9.02. The maximum atomic E-state index is 13.0. The van der Waals surface area contributed by atoms with E-state index in [2.05, 4.69) is 27.0 Å². The van der Waals surface area contributed by atoms with Crippen molar-refractivity contribution in [1.29, 1.82) is 0 Å². The van der Waals surface area contributed by atoms with Crippen molar-refractivity contribution in [2.24, 2.45) is 0 Å². The first-order valence-corrected chi connectivity index (χ1v) is 10.8. The van der Waals surface area contributed by atoms with E-state index in [0.717, 1.165) is 46.9 Å². The van der Waals surface area contributed by atoms with E-state index in [1.54, 1.807) is 6.33 Å². The summed E-state index contributed by atoms with van der Waals surface area (Å²) >= 11 is 0. The Labute approximate surface area is 188 Å². The smallest absolute Gasteiger partial charge is 0.253 e. The third kappa shape index (κ3) is 4.23. The van der Waals surface area contributed by atoms with Gasteiger partial charge in [0.25, 0.3) is 5.91 Å². The van der Waals surface area contributed by atoms with Crippen LogP contribution in [-0.2, 0) is 0 Å². The fraction of sp³-hybridized carbons (Fsp3) is 0.148. The number of hydrogen-bond donors (Lipinski definition) is 0. The van der Waals surface area contributed by atoms with Crippen LogP contribution in [-0.4, -0.2) is 47.0 Å². The topological polar surface area (TPSA) is 49.3 Å². The zero-order valence-electron chi connectivity index (χ0n) is 17.8. The van der Waals surface area contributed by atoms with E-state index in [-0.39, 0.29) is 5.91 Å². The molecule has 0 spiro atoms. The predicted octanol–water partition coefficient (Wildman–Crippen LogP) is 4.77. The van der Waals surface area contributed by atoms with Crippen LogP contribution >= 0.6 is 0 Å². The molecular formula is C27H24N4O. The Morgan fingerprint density at radius 1 is 0.656 bits per heavy atom. The van der Waals surface area contributed by atoms with Gasteiger partial charge in [0.1, 0.15) is 12.1 Å². The molecule has 2 heterocycles. The van der Waals surface area contributed by atoms with Crippen LogP contribution in [0.25, 0.3) is 22.4 Å². The van der Waals surface area contributed by atoms with E-state index in [1.165, 1.54) is 0 Å². The maximum Gasteiger partial charge on any atom is 0.253 e. The minimum Gasteiger partial charge on any atom is -0.353 e. The molecule has 1 amide bonds. The Morgan fingerprint density at radius 3 is 1.91 bits per heavy atom. The Morgan fingerprint density at radius 2 is 1.25 bits per heavy atom. The van der Waals surface area contributed by atoms with Crippen molar-refractivity contribution in [3.8, 4) is 22.4 Å². The fourth-order valence-corrected chi connectivity index (χ4v) is 4.04. The predicted molar refractivity (Wildman–Crippen MR) is 127 cm³/mol. The lowest BCUT2D eigenvalue weighted by atomic mass is 10.0. The molecule has 5 nitrogen and oxygen atoms in total. The molecule has 5 heteroatoms. The molecule has 1 aliphatic heterocycles. The number of benzene rings is 3. The van der Waals surface area contributed by atoms with E-state index in [4.69, 9.17) is 0 Å². The molecule has 1 fully saturated rings. The second-order valence-corrected chi connectivity index (χ2v) is 7.85. The number of piperazine rings is 1. The highest BCUT2D eigenvalue weighted by Gasteiger charge is 2.23. The van der Waals surface area contributed by atoms with E-state index in [9.17, 15) is 4.79 Å². The average molecular weight is 421 g/mol. The van der Waals surface area contributed by atoms with Crippen molar-refractivity contribution in [2.75, 3.05) is 31.1 Å². The van der Waals surface area contributed by atoms with Gasteiger partial charge in [-0.25, -0.2) is 9.97 Å². The number of nitrogens with zero attached hydrogens (tertiary/aromatic N) is 4. The number of rotatable bonds is 4. The Bertz CT molecular complexity index is 1190. The molecule has 0 saturated carbocycles. The van der Waals surface area contributed by atoms with Gasteiger partial charge < -0.3 is 9.80 Å². The van der Waals surface area contributed by atoms with Crippen LogP contribution in [0.2, 0.25) is 0 Å². The van der Waals surface area contributed by atoms with Crippen molar-refractivity contribution in [1.82, 2.24) is 14.9 Å². The van der Waals surface area contributed by atoms with Crippen molar-refractivity contribution >= 4 is 11.7 Å². The van der Waals surface area contributed by atoms with Gasteiger partial charge in [-0.05, 0) is 23.3 Å². The molecule has 0 N–H and O–H groups in total. The third-order valence-corrected chi connectivity index (χ3v) is 5.85. The van der Waals surface area contributed by atoms with Gasteiger partial charge in [-0.2, -0.15) is 0 Å². The Kier molecular flexibility index (Phi) is 5.62. The highest BCUT2D eigenvalue weighted by atomic mass is 16.2. The molecule has 5 rings (SSSR count). The Hall–Kier alpha value is -3.99. The summed E-state index contributed by atoms with van der Waals surface area (Å²) in [7, 11) is 0. The summed E-state index contributed by atoms with van der Waals surface area (Å²) in [6, 6.07) is 30.2. The number of anilines is 1. The maximum absolute atomic E-state index is 13.0. The van der Waals surface area contributed by atoms with Gasteiger partial charge in [0.15, 0.2) is 0 Å². The van der Waals surface area contributed by atoms with Crippen LogP contribution in [0, 0.1) is 0 Å². The first kappa shape index (κ1) is 19.9. The Balaban J connectivity index is 1.24. The first-order chi connectivity index (χ1) is 15.8. The van der Waals surface area contributed by atoms with Crippen LogP contribution in [0.4, 0.5) is 5.82 Å². The summed E-state index contributed by atoms with van der Waals surface area (Å²) in [5.74, 6) is 0.982. The molecule has 0 unspecified atom stereocenters. The molecule has 1 saturated heterocycles. The lowest BCUT2D eigenvalue weighted by Crippen LogP contribution is -2.49. The minimum atomic E-state index is 0.0805. The molecule has 158 valence electrons. The summed E-state index contributed by atoms with van der Waals surface area (Å²) in [6.07, 6.45) is 1.61. The number of hydrogen-bond acceptors (Lipinski definition) is 4. The van der Waals surface area contributed by atoms with Crippen LogP contribution in [0.5, 0.6) is 0 Å². The second-order valence-electron chi connectivity index (χ2n) is 7.85. The van der Waals surface area contributed by atoms with Crippen molar-refractivity contribution in [2.45, 2.75) is 0 Å². The molecule has 0 aliphatic carbocycles. The summed E-state index contributed by atoms with van der Waals surface area (Å²) < 4.78 is 0. The molecule has 1 aliphatic rings. The van der Waals surface area contributed by atoms with Gasteiger partial charge in [0.05, 0.1) is 5.69 Å². The van der Waals surface area contributed by atoms with Crippen molar-refractivity contribution < 1.29 is 4.79 Å². The quantitative estimate of drug-likeness (QED) is 0.477. The molecule has 1 aromatic heterocycles. The highest BCUT2D eigenvalue weighted by Crippen LogP contribution is 2.23. The third-order valence-electron chi connectivity index (χ3n) is 5.85. The zero-order chi connectivity index (χ0) is 21.8. The summed E-state index contributed by atoms with van der Waals surface area (Å²) in [6.45, 7) is 2.84. The summed E-state index contributed by atoms with van der Waals surface area (Å²) in [5.41, 5.74) is 4.98. The molecule has 0 bridgehead atoms. The van der Waals surface area contributed by atoms with E-state index < -0.39 is 0 Å². The summed E-state index contributed by atoms with van der Waals surface area (Å²) in [5, 5.41) is 0. The standard InChI is InChI=1S/C27H24N4O/c32-27(24-13-11-22(12-14-24)21-7-3-1-4-8-21)31-17-15-30(16-18-31)26-19-25(28-20-29-26)23-9-5-2-6-10-23/h1-14,19-20H,15-18H2. The zero-order valence-corrected chi connectivity index (χ0v) is 17.8. The van der Waals surface area contributed by atoms with Gasteiger partial charge in [-0.3, -0.25) is 4.79 Å². The number of amides is 1. The molecular weight excluding hydrogens is 396 g/mol. The fourth-order valence-electron chi connectivity index (χ4n) is 4.04. The molecule has 4 aromatic rings. The van der Waals surface area contributed by atoms with Crippen LogP contribution in [0.1, 0.15) is 10.4 Å². The number of carbonyl (C=O) groups excluding carboxylic acids is 1. The van der Waals surface area contributed by atoms with Crippen LogP contribution < -0.4 is 4.90 Å². The number of aromatic nitrogens is 2. The van der Waals surface area contributed by atoms with Gasteiger partial charge in [0.2, 0.25) is 0 Å². The van der Waals surface area contributed by atoms with Crippen molar-refractivity contribution in [3.63, 3.8) is 0 Å². The molecule has 0 atom stereocenters. The molecule has 0 radical (unpaired) electrons. The lowest BCUT2D eigenvalue weighted by Gasteiger charge is -2.35. The number of carbonyl (C=O) groups is 1. The van der Waals surface area contributed by atoms with Gasteiger partial charge in [-0.1, -0.05) is 72.8 Å². The molecule has 3 aromatic carbocycles. The highest BCUT2D eigenvalue weighted by molar-refractivity contribution is 5.95. The SMILES string of the molecule is O=C(c1ccc(-c2ccccc2)cc1)N1CCN(c2cc(-c3ccccc3)ncn2)CC1. The van der Waals surface area contributed by atoms with Crippen LogP contribution in [0.3, 0.4) is 0 Å².